The summed E-state index contributed by atoms with van der Waals surface area (Å²) in [7, 11) is 1.73. The van der Waals surface area contributed by atoms with E-state index in [1.54, 1.807) is 18.4 Å². The van der Waals surface area contributed by atoms with Crippen LogP contribution in [-0.4, -0.2) is 70.9 Å². The molecule has 1 aromatic carbocycles. The van der Waals surface area contributed by atoms with Gasteiger partial charge in [-0.25, -0.2) is 14.8 Å². The van der Waals surface area contributed by atoms with Gasteiger partial charge in [-0.15, -0.1) is 11.3 Å². The number of nitrogens with zero attached hydrogens (tertiary/aromatic N) is 4. The number of pyridine rings is 1. The van der Waals surface area contributed by atoms with E-state index in [9.17, 15) is 14.7 Å². The fraction of sp³-hybridized carbons (Fsp3) is 0.590. The van der Waals surface area contributed by atoms with Gasteiger partial charge in [-0.3, -0.25) is 9.69 Å². The fourth-order valence-electron chi connectivity index (χ4n) is 8.63. The van der Waals surface area contributed by atoms with Crippen molar-refractivity contribution in [1.82, 2.24) is 14.9 Å². The lowest BCUT2D eigenvalue weighted by Gasteiger charge is -2.55. The Labute approximate surface area is 294 Å². The second kappa shape index (κ2) is 13.7. The third-order valence-corrected chi connectivity index (χ3v) is 13.3. The number of anilines is 1. The third kappa shape index (κ3) is 6.83. The lowest BCUT2D eigenvalue weighted by molar-refractivity contribution is -0.124. The minimum absolute atomic E-state index is 0.0560. The Morgan fingerprint density at radius 1 is 1.02 bits per heavy atom. The number of methoxy groups -OCH3 is 1. The molecule has 0 radical (unpaired) electrons. The van der Waals surface area contributed by atoms with Gasteiger partial charge in [0.1, 0.15) is 17.7 Å². The Kier molecular flexibility index (Phi) is 9.47. The molecule has 2 amide bonds. The van der Waals surface area contributed by atoms with E-state index in [1.165, 1.54) is 16.0 Å². The first-order valence-corrected chi connectivity index (χ1v) is 18.9. The van der Waals surface area contributed by atoms with Gasteiger partial charge in [0.15, 0.2) is 0 Å². The predicted molar refractivity (Wildman–Crippen MR) is 191 cm³/mol. The van der Waals surface area contributed by atoms with Crippen LogP contribution in [0, 0.1) is 18.3 Å². The van der Waals surface area contributed by atoms with Crippen LogP contribution in [0.5, 0.6) is 5.75 Å². The van der Waals surface area contributed by atoms with E-state index < -0.39 is 6.10 Å². The first-order valence-electron chi connectivity index (χ1n) is 18.1. The van der Waals surface area contributed by atoms with Crippen molar-refractivity contribution in [3.63, 3.8) is 0 Å². The van der Waals surface area contributed by atoms with Crippen LogP contribution >= 0.6 is 11.3 Å². The molecule has 10 heteroatoms. The summed E-state index contributed by atoms with van der Waals surface area (Å²) in [5.41, 5.74) is 3.90. The maximum absolute atomic E-state index is 14.6. The largest absolute Gasteiger partial charge is 0.496 e. The Bertz CT molecular complexity index is 1650. The predicted octanol–water partition coefficient (Wildman–Crippen LogP) is 7.64. The maximum atomic E-state index is 14.6. The van der Waals surface area contributed by atoms with Gasteiger partial charge in [0.25, 0.3) is 0 Å². The summed E-state index contributed by atoms with van der Waals surface area (Å²) in [6.07, 6.45) is 12.1. The first-order chi connectivity index (χ1) is 23.6. The van der Waals surface area contributed by atoms with Gasteiger partial charge >= 0.3 is 6.09 Å². The maximum Gasteiger partial charge on any atom is 0.410 e. The van der Waals surface area contributed by atoms with Crippen LogP contribution in [0.25, 0.3) is 10.4 Å². The van der Waals surface area contributed by atoms with Crippen molar-refractivity contribution in [2.24, 2.45) is 11.3 Å². The number of thiazole rings is 1. The van der Waals surface area contributed by atoms with Crippen molar-refractivity contribution in [3.05, 3.63) is 58.9 Å². The number of aryl methyl sites for hydroxylation is 1. The molecular formula is C39H50N4O5S. The number of rotatable bonds is 9. The van der Waals surface area contributed by atoms with Crippen molar-refractivity contribution in [2.75, 3.05) is 31.6 Å². The monoisotopic (exact) mass is 686 g/mol. The van der Waals surface area contributed by atoms with Gasteiger partial charge in [-0.05, 0) is 117 Å². The fourth-order valence-corrected chi connectivity index (χ4v) is 9.54. The molecule has 1 saturated heterocycles. The highest BCUT2D eigenvalue weighted by molar-refractivity contribution is 7.15. The van der Waals surface area contributed by atoms with Crippen molar-refractivity contribution in [3.8, 4) is 16.2 Å². The summed E-state index contributed by atoms with van der Waals surface area (Å²) >= 11 is 1.70. The molecule has 5 fully saturated rings. The molecule has 2 bridgehead atoms. The number of carbonyl (C=O) groups is 2. The van der Waals surface area contributed by atoms with Gasteiger partial charge in [-0.1, -0.05) is 26.0 Å². The number of aromatic nitrogens is 2. The van der Waals surface area contributed by atoms with Gasteiger partial charge in [0.05, 0.1) is 36.2 Å². The van der Waals surface area contributed by atoms with Crippen LogP contribution in [0.15, 0.2) is 42.7 Å². The minimum atomic E-state index is -0.455. The molecule has 3 aromatic rings. The van der Waals surface area contributed by atoms with Gasteiger partial charge in [-0.2, -0.15) is 0 Å². The summed E-state index contributed by atoms with van der Waals surface area (Å²) < 4.78 is 11.3. The van der Waals surface area contributed by atoms with Crippen molar-refractivity contribution < 1.29 is 24.2 Å². The molecule has 0 unspecified atom stereocenters. The normalized spacial score (nSPS) is 26.8. The SMILES string of the molecule is COc1ccc(C23CCC(CN(C(=O)C4CCC(OC(=O)N5CC(O)C5)CC4)c4cc(-c5cnc(C(C)C)s5)ccn4)(CC2)CC3)cc1C. The van der Waals surface area contributed by atoms with Gasteiger partial charge in [0.2, 0.25) is 5.91 Å². The smallest absolute Gasteiger partial charge is 0.410 e. The lowest BCUT2D eigenvalue weighted by Crippen LogP contribution is -2.54. The summed E-state index contributed by atoms with van der Waals surface area (Å²) in [5, 5.41) is 10.7. The highest BCUT2D eigenvalue weighted by Gasteiger charge is 2.51. The van der Waals surface area contributed by atoms with Crippen molar-refractivity contribution >= 4 is 29.2 Å². The van der Waals surface area contributed by atoms with Crippen LogP contribution in [0.2, 0.25) is 0 Å². The van der Waals surface area contributed by atoms with Crippen LogP contribution < -0.4 is 9.64 Å². The van der Waals surface area contributed by atoms with E-state index in [2.05, 4.69) is 50.0 Å². The molecule has 49 heavy (non-hydrogen) atoms. The molecule has 8 rings (SSSR count). The molecular weight excluding hydrogens is 637 g/mol. The van der Waals surface area contributed by atoms with Crippen molar-refractivity contribution in [1.29, 1.82) is 0 Å². The van der Waals surface area contributed by atoms with Gasteiger partial charge < -0.3 is 19.5 Å². The zero-order valence-electron chi connectivity index (χ0n) is 29.3. The van der Waals surface area contributed by atoms with Crippen LogP contribution in [0.3, 0.4) is 0 Å². The number of likely N-dealkylation sites (tertiary alicyclic amines) is 1. The van der Waals surface area contributed by atoms with Crippen LogP contribution in [0.4, 0.5) is 10.6 Å². The second-order valence-corrected chi connectivity index (χ2v) is 16.5. The zero-order chi connectivity index (χ0) is 34.3. The second-order valence-electron chi connectivity index (χ2n) is 15.4. The summed E-state index contributed by atoms with van der Waals surface area (Å²) in [6, 6.07) is 10.8. The number of aliphatic hydroxyl groups excluding tert-OH is 1. The molecule has 2 aromatic heterocycles. The molecule has 4 saturated carbocycles. The molecule has 9 nitrogen and oxygen atoms in total. The third-order valence-electron chi connectivity index (χ3n) is 11.9. The number of hydrogen-bond acceptors (Lipinski definition) is 8. The van der Waals surface area contributed by atoms with E-state index in [1.807, 2.05) is 23.4 Å². The number of β-amino-alcohol motifs (C(OH)–C–C–N with tert-alkyl or cyclic N) is 1. The number of ether oxygens (including phenoxy) is 2. The summed E-state index contributed by atoms with van der Waals surface area (Å²) in [4.78, 5) is 41.2. The number of hydrogen-bond donors (Lipinski definition) is 1. The molecule has 3 heterocycles. The lowest BCUT2D eigenvalue weighted by atomic mass is 9.51. The summed E-state index contributed by atoms with van der Waals surface area (Å²) in [6.45, 7) is 7.78. The number of aliphatic hydroxyl groups is 1. The standard InChI is InChI=1S/C39H50N4O5S/c1-25(2)35-41-21-33(49-35)28-11-18-40-34(20-28)43(36(45)27-5-8-31(9-6-27)48-37(46)42-22-30(44)23-42)24-38-12-15-39(16-13-38,17-14-38)29-7-10-32(47-4)26(3)19-29/h7,10-11,18-21,25,27,30-31,44H,5-6,8-9,12-17,22-24H2,1-4H3. The van der Waals surface area contributed by atoms with E-state index in [0.717, 1.165) is 65.5 Å². The topological polar surface area (TPSA) is 105 Å². The van der Waals surface area contributed by atoms with E-state index in [-0.39, 0.29) is 34.9 Å². The van der Waals surface area contributed by atoms with E-state index in [4.69, 9.17) is 14.5 Å². The van der Waals surface area contributed by atoms with Gasteiger partial charge in [0, 0.05) is 30.8 Å². The van der Waals surface area contributed by atoms with Crippen molar-refractivity contribution in [2.45, 2.75) is 109 Å². The Morgan fingerprint density at radius 2 is 1.73 bits per heavy atom. The Morgan fingerprint density at radius 3 is 2.35 bits per heavy atom. The number of amides is 2. The zero-order valence-corrected chi connectivity index (χ0v) is 30.1. The highest BCUT2D eigenvalue weighted by Crippen LogP contribution is 2.58. The first kappa shape index (κ1) is 34.0. The molecule has 262 valence electrons. The average molecular weight is 687 g/mol. The Balaban J connectivity index is 1.10. The molecule has 0 spiro atoms. The molecule has 0 atom stereocenters. The highest BCUT2D eigenvalue weighted by atomic mass is 32.1. The minimum Gasteiger partial charge on any atom is -0.496 e. The molecule has 4 aliphatic carbocycles. The number of carbonyl (C=O) groups excluding carboxylic acids is 2. The average Bonchev–Trinajstić information content (AvgIpc) is 3.61. The molecule has 1 N–H and O–H groups in total. The Hall–Kier alpha value is -3.50. The number of benzene rings is 1. The van der Waals surface area contributed by atoms with Crippen LogP contribution in [0.1, 0.15) is 100 Å². The molecule has 5 aliphatic rings. The van der Waals surface area contributed by atoms with E-state index >= 15 is 0 Å². The quantitative estimate of drug-likeness (QED) is 0.247. The van der Waals surface area contributed by atoms with E-state index in [0.29, 0.717) is 51.2 Å². The molecule has 1 aliphatic heterocycles. The number of fused-ring (bicyclic) bond motifs is 3. The van der Waals surface area contributed by atoms with Crippen LogP contribution in [-0.2, 0) is 14.9 Å². The summed E-state index contributed by atoms with van der Waals surface area (Å²) in [5.74, 6) is 2.00.